The largest absolute Gasteiger partial charge is 0.449 e. The molecule has 1 aromatic heterocycles. The normalized spacial score (nSPS) is 15.8. The number of hydrogen-bond donors (Lipinski definition) is 0. The Morgan fingerprint density at radius 3 is 2.50 bits per heavy atom. The molecule has 0 unspecified atom stereocenters. The first kappa shape index (κ1) is 16.8. The minimum absolute atomic E-state index is 0.00438. The molecule has 0 atom stereocenters. The fraction of sp³-hybridized carbons (Fsp3) is 0.444. The molecule has 0 saturated carbocycles. The molecule has 1 fully saturated rings. The van der Waals surface area contributed by atoms with Crippen molar-refractivity contribution in [1.29, 1.82) is 0 Å². The number of carbonyl (C=O) groups excluding carboxylic acids is 2. The highest BCUT2D eigenvalue weighted by atomic mass is 35.5. The standard InChI is InChI=1S/C18H21ClN2O3/c1-11-13-5-4-6-14(19)16(13)24-15(11)18(23)21-9-7-12(8-10-21)17(22)20(2)3/h4-6,12H,7-10H2,1-3H3. The Morgan fingerprint density at radius 1 is 1.25 bits per heavy atom. The van der Waals surface area contributed by atoms with Gasteiger partial charge in [-0.2, -0.15) is 0 Å². The van der Waals surface area contributed by atoms with Gasteiger partial charge in [-0.05, 0) is 25.8 Å². The van der Waals surface area contributed by atoms with Crippen LogP contribution < -0.4 is 0 Å². The van der Waals surface area contributed by atoms with Gasteiger partial charge < -0.3 is 14.2 Å². The zero-order valence-electron chi connectivity index (χ0n) is 14.1. The van der Waals surface area contributed by atoms with E-state index >= 15 is 0 Å². The van der Waals surface area contributed by atoms with E-state index in [1.807, 2.05) is 19.1 Å². The fourth-order valence-electron chi connectivity index (χ4n) is 3.25. The summed E-state index contributed by atoms with van der Waals surface area (Å²) in [4.78, 5) is 28.2. The molecule has 128 valence electrons. The Balaban J connectivity index is 1.78. The van der Waals surface area contributed by atoms with Crippen molar-refractivity contribution < 1.29 is 14.0 Å². The van der Waals surface area contributed by atoms with E-state index in [-0.39, 0.29) is 17.7 Å². The van der Waals surface area contributed by atoms with Crippen molar-refractivity contribution in [3.05, 3.63) is 34.5 Å². The van der Waals surface area contributed by atoms with Gasteiger partial charge in [-0.3, -0.25) is 9.59 Å². The number of piperidine rings is 1. The summed E-state index contributed by atoms with van der Waals surface area (Å²) in [5.41, 5.74) is 1.36. The van der Waals surface area contributed by atoms with Gasteiger partial charge in [0, 0.05) is 44.1 Å². The molecule has 3 rings (SSSR count). The number of carbonyl (C=O) groups is 2. The second kappa shape index (κ2) is 6.48. The molecule has 1 aliphatic rings. The van der Waals surface area contributed by atoms with Crippen molar-refractivity contribution in [2.75, 3.05) is 27.2 Å². The summed E-state index contributed by atoms with van der Waals surface area (Å²) >= 11 is 6.16. The van der Waals surface area contributed by atoms with Crippen LogP contribution in [-0.4, -0.2) is 48.8 Å². The summed E-state index contributed by atoms with van der Waals surface area (Å²) in [6.07, 6.45) is 1.37. The van der Waals surface area contributed by atoms with Gasteiger partial charge in [0.25, 0.3) is 5.91 Å². The highest BCUT2D eigenvalue weighted by Gasteiger charge is 2.31. The molecule has 24 heavy (non-hydrogen) atoms. The predicted molar refractivity (Wildman–Crippen MR) is 93.3 cm³/mol. The number of likely N-dealkylation sites (tertiary alicyclic amines) is 1. The molecule has 1 aliphatic heterocycles. The highest BCUT2D eigenvalue weighted by Crippen LogP contribution is 2.32. The molecule has 0 N–H and O–H groups in total. The fourth-order valence-corrected chi connectivity index (χ4v) is 3.46. The van der Waals surface area contributed by atoms with E-state index in [1.54, 1.807) is 30.0 Å². The lowest BCUT2D eigenvalue weighted by atomic mass is 9.95. The Bertz CT molecular complexity index is 789. The molecule has 0 aliphatic carbocycles. The van der Waals surface area contributed by atoms with Crippen LogP contribution in [-0.2, 0) is 4.79 Å². The SMILES string of the molecule is Cc1c(C(=O)N2CCC(C(=O)N(C)C)CC2)oc2c(Cl)cccc12. The van der Waals surface area contributed by atoms with Crippen LogP contribution >= 0.6 is 11.6 Å². The number of fused-ring (bicyclic) bond motifs is 1. The maximum Gasteiger partial charge on any atom is 0.289 e. The Labute approximate surface area is 146 Å². The summed E-state index contributed by atoms with van der Waals surface area (Å²) in [6, 6.07) is 5.50. The number of benzene rings is 1. The summed E-state index contributed by atoms with van der Waals surface area (Å²) in [5, 5.41) is 1.37. The van der Waals surface area contributed by atoms with E-state index < -0.39 is 0 Å². The molecule has 2 amide bonds. The number of furan rings is 1. The van der Waals surface area contributed by atoms with Gasteiger partial charge in [0.2, 0.25) is 5.91 Å². The van der Waals surface area contributed by atoms with Crippen molar-refractivity contribution >= 4 is 34.4 Å². The number of aryl methyl sites for hydroxylation is 1. The van der Waals surface area contributed by atoms with Crippen LogP contribution in [0.4, 0.5) is 0 Å². The molecular weight excluding hydrogens is 328 g/mol. The zero-order chi connectivity index (χ0) is 17.4. The van der Waals surface area contributed by atoms with E-state index in [0.717, 1.165) is 10.9 Å². The molecular formula is C18H21ClN2O3. The summed E-state index contributed by atoms with van der Waals surface area (Å²) in [7, 11) is 3.53. The van der Waals surface area contributed by atoms with E-state index in [9.17, 15) is 9.59 Å². The molecule has 1 saturated heterocycles. The summed E-state index contributed by atoms with van der Waals surface area (Å²) in [6.45, 7) is 3.00. The first-order valence-corrected chi connectivity index (χ1v) is 8.46. The van der Waals surface area contributed by atoms with E-state index in [4.69, 9.17) is 16.0 Å². The monoisotopic (exact) mass is 348 g/mol. The third-order valence-corrected chi connectivity index (χ3v) is 4.98. The summed E-state index contributed by atoms with van der Waals surface area (Å²) < 4.78 is 5.76. The van der Waals surface area contributed by atoms with Gasteiger partial charge in [0.1, 0.15) is 0 Å². The van der Waals surface area contributed by atoms with Gasteiger partial charge in [0.15, 0.2) is 11.3 Å². The van der Waals surface area contributed by atoms with Crippen LogP contribution in [0, 0.1) is 12.8 Å². The lowest BCUT2D eigenvalue weighted by Gasteiger charge is -2.32. The number of rotatable bonds is 2. The molecule has 2 heterocycles. The third-order valence-electron chi connectivity index (χ3n) is 4.68. The first-order chi connectivity index (χ1) is 11.4. The maximum atomic E-state index is 12.8. The Morgan fingerprint density at radius 2 is 1.92 bits per heavy atom. The van der Waals surface area contributed by atoms with Crippen LogP contribution in [0.15, 0.2) is 22.6 Å². The molecule has 1 aromatic carbocycles. The lowest BCUT2D eigenvalue weighted by Crippen LogP contribution is -2.42. The van der Waals surface area contributed by atoms with Crippen LogP contribution in [0.1, 0.15) is 29.0 Å². The molecule has 2 aromatic rings. The first-order valence-electron chi connectivity index (χ1n) is 8.08. The molecule has 0 spiro atoms. The minimum atomic E-state index is -0.129. The average molecular weight is 349 g/mol. The van der Waals surface area contributed by atoms with Crippen LogP contribution in [0.3, 0.4) is 0 Å². The van der Waals surface area contributed by atoms with Crippen molar-refractivity contribution in [2.24, 2.45) is 5.92 Å². The van der Waals surface area contributed by atoms with Gasteiger partial charge >= 0.3 is 0 Å². The van der Waals surface area contributed by atoms with Crippen LogP contribution in [0.5, 0.6) is 0 Å². The number of hydrogen-bond acceptors (Lipinski definition) is 3. The van der Waals surface area contributed by atoms with Crippen molar-refractivity contribution in [3.63, 3.8) is 0 Å². The highest BCUT2D eigenvalue weighted by molar-refractivity contribution is 6.35. The predicted octanol–water partition coefficient (Wildman–Crippen LogP) is 3.34. The maximum absolute atomic E-state index is 12.8. The van der Waals surface area contributed by atoms with E-state index in [0.29, 0.717) is 42.3 Å². The Kier molecular flexibility index (Phi) is 4.54. The average Bonchev–Trinajstić information content (AvgIpc) is 2.92. The van der Waals surface area contributed by atoms with Crippen LogP contribution in [0.25, 0.3) is 11.0 Å². The van der Waals surface area contributed by atoms with Crippen LogP contribution in [0.2, 0.25) is 5.02 Å². The van der Waals surface area contributed by atoms with Gasteiger partial charge in [-0.15, -0.1) is 0 Å². The Hall–Kier alpha value is -2.01. The number of nitrogens with zero attached hydrogens (tertiary/aromatic N) is 2. The van der Waals surface area contributed by atoms with E-state index in [2.05, 4.69) is 0 Å². The topological polar surface area (TPSA) is 53.8 Å². The van der Waals surface area contributed by atoms with Gasteiger partial charge in [-0.25, -0.2) is 0 Å². The number of amides is 2. The second-order valence-corrected chi connectivity index (χ2v) is 6.88. The lowest BCUT2D eigenvalue weighted by molar-refractivity contribution is -0.134. The quantitative estimate of drug-likeness (QED) is 0.836. The third kappa shape index (κ3) is 2.88. The second-order valence-electron chi connectivity index (χ2n) is 6.47. The van der Waals surface area contributed by atoms with Gasteiger partial charge in [-0.1, -0.05) is 23.7 Å². The van der Waals surface area contributed by atoms with E-state index in [1.165, 1.54) is 0 Å². The zero-order valence-corrected chi connectivity index (χ0v) is 14.9. The number of para-hydroxylation sites is 1. The van der Waals surface area contributed by atoms with Crippen molar-refractivity contribution in [1.82, 2.24) is 9.80 Å². The van der Waals surface area contributed by atoms with Gasteiger partial charge in [0.05, 0.1) is 5.02 Å². The summed E-state index contributed by atoms with van der Waals surface area (Å²) in [5.74, 6) is 0.343. The van der Waals surface area contributed by atoms with Crippen molar-refractivity contribution in [2.45, 2.75) is 19.8 Å². The molecule has 6 heteroatoms. The number of halogens is 1. The smallest absolute Gasteiger partial charge is 0.289 e. The molecule has 5 nitrogen and oxygen atoms in total. The molecule has 0 bridgehead atoms. The minimum Gasteiger partial charge on any atom is -0.449 e. The molecule has 0 radical (unpaired) electrons. The van der Waals surface area contributed by atoms with Crippen molar-refractivity contribution in [3.8, 4) is 0 Å².